The topological polar surface area (TPSA) is 118 Å². The first-order chi connectivity index (χ1) is 18.0. The smallest absolute Gasteiger partial charge is 0.243 e. The summed E-state index contributed by atoms with van der Waals surface area (Å²) in [6.45, 7) is 18.6. The van der Waals surface area contributed by atoms with Crippen molar-refractivity contribution < 1.29 is 19.1 Å². The lowest BCUT2D eigenvalue weighted by atomic mass is 9.86. The molecule has 1 saturated heterocycles. The summed E-state index contributed by atoms with van der Waals surface area (Å²) < 4.78 is 6.63. The second-order valence-electron chi connectivity index (χ2n) is 13.2. The first-order valence-electron chi connectivity index (χ1n) is 13.6. The van der Waals surface area contributed by atoms with Crippen LogP contribution in [0, 0.1) is 12.3 Å². The van der Waals surface area contributed by atoms with E-state index in [0.29, 0.717) is 13.0 Å². The number of hydrogen-bond acceptors (Lipinski definition) is 7. The van der Waals surface area contributed by atoms with Gasteiger partial charge in [0.1, 0.15) is 6.04 Å². The van der Waals surface area contributed by atoms with Crippen LogP contribution in [0.25, 0.3) is 10.4 Å². The van der Waals surface area contributed by atoms with Crippen LogP contribution in [0.3, 0.4) is 0 Å². The highest BCUT2D eigenvalue weighted by Crippen LogP contribution is 2.39. The summed E-state index contributed by atoms with van der Waals surface area (Å²) in [6.07, 6.45) is 0.134. The molecule has 1 aliphatic rings. The zero-order valence-electron chi connectivity index (χ0n) is 24.9. The average molecular weight is 575 g/mol. The normalized spacial score (nSPS) is 20.1. The Bertz CT molecular complexity index is 1150. The lowest BCUT2D eigenvalue weighted by Gasteiger charge is -2.38. The van der Waals surface area contributed by atoms with Crippen LogP contribution >= 0.6 is 11.3 Å². The van der Waals surface area contributed by atoms with E-state index in [-0.39, 0.29) is 29.6 Å². The van der Waals surface area contributed by atoms with Crippen LogP contribution in [0.4, 0.5) is 0 Å². The van der Waals surface area contributed by atoms with Crippen molar-refractivity contribution in [2.24, 2.45) is 11.1 Å². The van der Waals surface area contributed by atoms with Crippen molar-refractivity contribution in [1.82, 2.24) is 15.2 Å². The molecule has 1 unspecified atom stereocenters. The van der Waals surface area contributed by atoms with Crippen molar-refractivity contribution in [3.8, 4) is 10.4 Å². The quantitative estimate of drug-likeness (QED) is 0.396. The molecule has 8 nitrogen and oxygen atoms in total. The number of nitrogens with two attached hydrogens (primary N) is 1. The number of rotatable bonds is 8. The Hall–Kier alpha value is -2.11. The fourth-order valence-corrected chi connectivity index (χ4v) is 6.63. The van der Waals surface area contributed by atoms with Crippen molar-refractivity contribution in [3.63, 3.8) is 0 Å². The zero-order valence-corrected chi connectivity index (χ0v) is 26.7. The van der Waals surface area contributed by atoms with Gasteiger partial charge in [-0.25, -0.2) is 4.98 Å². The molecule has 0 saturated carbocycles. The third-order valence-corrected chi connectivity index (χ3v) is 13.6. The fraction of sp³-hybridized carbons (Fsp3) is 0.621. The number of aliphatic hydroxyl groups excluding tert-OH is 1. The van der Waals surface area contributed by atoms with Gasteiger partial charge < -0.3 is 25.5 Å². The molecule has 2 aromatic rings. The Morgan fingerprint density at radius 3 is 2.31 bits per heavy atom. The number of carbonyl (C=O) groups is 2. The van der Waals surface area contributed by atoms with Gasteiger partial charge in [-0.1, -0.05) is 65.8 Å². The van der Waals surface area contributed by atoms with Crippen molar-refractivity contribution in [1.29, 1.82) is 0 Å². The Labute approximate surface area is 238 Å². The number of amides is 2. The third-order valence-electron chi connectivity index (χ3n) is 8.13. The van der Waals surface area contributed by atoms with Crippen LogP contribution in [0.5, 0.6) is 0 Å². The molecule has 1 aromatic heterocycles. The number of likely N-dealkylation sites (tertiary alicyclic amines) is 1. The minimum absolute atomic E-state index is 0.00411. The van der Waals surface area contributed by atoms with E-state index in [1.807, 2.05) is 57.5 Å². The van der Waals surface area contributed by atoms with Gasteiger partial charge in [0.2, 0.25) is 11.8 Å². The molecule has 3 rings (SSSR count). The molecule has 10 heteroatoms. The standard InChI is InChI=1S/C29H46N4O4SSi/c1-18-24(38-17-31-18)20-12-10-19(11-13-20)22(16-34)32-26(35)23-14-21(37-39(8,9)29(5,6)7)15-33(23)27(36)25(30)28(2,3)4/h10-13,17,21-23,25,34H,14-16,30H2,1-9H3,(H,32,35)/t21-,22+,23+,25?/m1/s1. The van der Waals surface area contributed by atoms with Gasteiger partial charge in [-0.05, 0) is 41.6 Å². The van der Waals surface area contributed by atoms with Crippen molar-refractivity contribution >= 4 is 31.5 Å². The summed E-state index contributed by atoms with van der Waals surface area (Å²) in [4.78, 5) is 34.2. The van der Waals surface area contributed by atoms with Crippen LogP contribution in [-0.4, -0.2) is 66.5 Å². The van der Waals surface area contributed by atoms with E-state index in [4.69, 9.17) is 10.2 Å². The van der Waals surface area contributed by atoms with Gasteiger partial charge in [0.25, 0.3) is 0 Å². The monoisotopic (exact) mass is 574 g/mol. The minimum atomic E-state index is -2.13. The zero-order chi connectivity index (χ0) is 29.3. The summed E-state index contributed by atoms with van der Waals surface area (Å²) >= 11 is 1.58. The molecular weight excluding hydrogens is 528 g/mol. The van der Waals surface area contributed by atoms with Crippen molar-refractivity contribution in [3.05, 3.63) is 41.0 Å². The van der Waals surface area contributed by atoms with Crippen molar-refractivity contribution in [2.45, 2.75) is 97.2 Å². The number of benzene rings is 1. The molecule has 2 amide bonds. The number of thiazole rings is 1. The van der Waals surface area contributed by atoms with E-state index in [1.165, 1.54) is 0 Å². The molecule has 1 aromatic carbocycles. The van der Waals surface area contributed by atoms with Crippen LogP contribution in [-0.2, 0) is 14.0 Å². The molecular formula is C29H46N4O4SSi. The summed E-state index contributed by atoms with van der Waals surface area (Å²) in [5.41, 5.74) is 10.5. The van der Waals surface area contributed by atoms with Crippen LogP contribution in [0.15, 0.2) is 29.8 Å². The fourth-order valence-electron chi connectivity index (χ4n) is 4.47. The highest BCUT2D eigenvalue weighted by Gasteiger charge is 2.47. The third kappa shape index (κ3) is 7.16. The van der Waals surface area contributed by atoms with Gasteiger partial charge in [-0.15, -0.1) is 11.3 Å². The largest absolute Gasteiger partial charge is 0.412 e. The van der Waals surface area contributed by atoms with Gasteiger partial charge in [-0.2, -0.15) is 0 Å². The number of nitrogens with zero attached hydrogens (tertiary/aromatic N) is 2. The summed E-state index contributed by atoms with van der Waals surface area (Å²) in [5, 5.41) is 13.2. The maximum atomic E-state index is 13.7. The number of aromatic nitrogens is 1. The van der Waals surface area contributed by atoms with Crippen LogP contribution in [0.2, 0.25) is 18.1 Å². The molecule has 4 atom stereocenters. The highest BCUT2D eigenvalue weighted by molar-refractivity contribution is 7.13. The molecule has 2 heterocycles. The Kier molecular flexibility index (Phi) is 9.49. The summed E-state index contributed by atoms with van der Waals surface area (Å²) in [7, 11) is -2.13. The van der Waals surface area contributed by atoms with Crippen LogP contribution in [0.1, 0.15) is 65.3 Å². The number of hydrogen-bond donors (Lipinski definition) is 3. The van der Waals surface area contributed by atoms with Gasteiger partial charge in [0.15, 0.2) is 8.32 Å². The van der Waals surface area contributed by atoms with Gasteiger partial charge in [-0.3, -0.25) is 9.59 Å². The molecule has 4 N–H and O–H groups in total. The Morgan fingerprint density at radius 1 is 1.21 bits per heavy atom. The number of carbonyl (C=O) groups excluding carboxylic acids is 2. The molecule has 0 bridgehead atoms. The highest BCUT2D eigenvalue weighted by atomic mass is 32.1. The van der Waals surface area contributed by atoms with Gasteiger partial charge in [0, 0.05) is 13.0 Å². The molecule has 1 fully saturated rings. The van der Waals surface area contributed by atoms with E-state index >= 15 is 0 Å². The number of nitrogens with one attached hydrogen (secondary N) is 1. The summed E-state index contributed by atoms with van der Waals surface area (Å²) in [5.74, 6) is -0.568. The maximum absolute atomic E-state index is 13.7. The first kappa shape index (κ1) is 31.4. The second-order valence-corrected chi connectivity index (χ2v) is 18.8. The first-order valence-corrected chi connectivity index (χ1v) is 17.4. The van der Waals surface area contributed by atoms with E-state index in [0.717, 1.165) is 21.7 Å². The van der Waals surface area contributed by atoms with Crippen LogP contribution < -0.4 is 11.1 Å². The molecule has 216 valence electrons. The minimum Gasteiger partial charge on any atom is -0.412 e. The SMILES string of the molecule is Cc1ncsc1-c1ccc([C@H](CO)NC(=O)[C@@H]2C[C@@H](O[Si](C)(C)C(C)(C)C)CN2C(=O)C(N)C(C)(C)C)cc1. The molecule has 39 heavy (non-hydrogen) atoms. The Morgan fingerprint density at radius 2 is 1.82 bits per heavy atom. The van der Waals surface area contributed by atoms with Gasteiger partial charge in [0.05, 0.1) is 40.9 Å². The van der Waals surface area contributed by atoms with E-state index in [9.17, 15) is 14.7 Å². The molecule has 0 radical (unpaired) electrons. The van der Waals surface area contributed by atoms with E-state index in [1.54, 1.807) is 16.2 Å². The predicted octanol–water partition coefficient (Wildman–Crippen LogP) is 4.63. The van der Waals surface area contributed by atoms with Gasteiger partial charge >= 0.3 is 0 Å². The second kappa shape index (κ2) is 11.8. The molecule has 1 aliphatic heterocycles. The number of aliphatic hydroxyl groups is 1. The van der Waals surface area contributed by atoms with E-state index < -0.39 is 31.9 Å². The molecule has 0 aliphatic carbocycles. The summed E-state index contributed by atoms with van der Waals surface area (Å²) in [6, 6.07) is 5.67. The lowest BCUT2D eigenvalue weighted by Crippen LogP contribution is -2.55. The number of aryl methyl sites for hydroxylation is 1. The average Bonchev–Trinajstić information content (AvgIpc) is 3.46. The van der Waals surface area contributed by atoms with E-state index in [2.05, 4.69) is 44.2 Å². The molecule has 0 spiro atoms. The van der Waals surface area contributed by atoms with Crippen molar-refractivity contribution in [2.75, 3.05) is 13.2 Å². The Balaban J connectivity index is 1.82. The maximum Gasteiger partial charge on any atom is 0.243 e. The lowest BCUT2D eigenvalue weighted by molar-refractivity contribution is -0.141. The predicted molar refractivity (Wildman–Crippen MR) is 160 cm³/mol.